The van der Waals surface area contributed by atoms with Crippen LogP contribution in [0.1, 0.15) is 12.0 Å². The second-order valence-corrected chi connectivity index (χ2v) is 3.57. The van der Waals surface area contributed by atoms with Gasteiger partial charge in [-0.25, -0.2) is 0 Å². The van der Waals surface area contributed by atoms with E-state index in [-0.39, 0.29) is 24.0 Å². The zero-order chi connectivity index (χ0) is 12.7. The third-order valence-corrected chi connectivity index (χ3v) is 2.23. The number of halogens is 1. The van der Waals surface area contributed by atoms with Crippen molar-refractivity contribution >= 4 is 24.0 Å². The Hall–Kier alpha value is -1.66. The second kappa shape index (κ2) is 8.43. The standard InChI is InChI=1S/C11H15N3O3.ClH/c12-6-7-13-11(15)5-4-9-2-1-3-10(8-9)14(16)17;/h1-3,8H,4-7,12H2,(H,13,15);1H. The van der Waals surface area contributed by atoms with Gasteiger partial charge < -0.3 is 11.1 Å². The van der Waals surface area contributed by atoms with E-state index < -0.39 is 4.92 Å². The van der Waals surface area contributed by atoms with E-state index in [0.717, 1.165) is 5.56 Å². The van der Waals surface area contributed by atoms with Crippen molar-refractivity contribution in [2.45, 2.75) is 12.8 Å². The summed E-state index contributed by atoms with van der Waals surface area (Å²) in [6.45, 7) is 0.857. The summed E-state index contributed by atoms with van der Waals surface area (Å²) in [4.78, 5) is 21.4. The number of carbonyl (C=O) groups excluding carboxylic acids is 1. The molecule has 0 saturated heterocycles. The number of aryl methyl sites for hydroxylation is 1. The van der Waals surface area contributed by atoms with Gasteiger partial charge in [0.25, 0.3) is 5.69 Å². The maximum atomic E-state index is 11.3. The van der Waals surface area contributed by atoms with Crippen LogP contribution in [0.5, 0.6) is 0 Å². The van der Waals surface area contributed by atoms with Crippen LogP contribution in [-0.2, 0) is 11.2 Å². The summed E-state index contributed by atoms with van der Waals surface area (Å²) in [6.07, 6.45) is 0.791. The summed E-state index contributed by atoms with van der Waals surface area (Å²) < 4.78 is 0. The number of nitro benzene ring substituents is 1. The summed E-state index contributed by atoms with van der Waals surface area (Å²) in [5.41, 5.74) is 6.07. The van der Waals surface area contributed by atoms with E-state index in [2.05, 4.69) is 5.32 Å². The van der Waals surface area contributed by atoms with E-state index in [9.17, 15) is 14.9 Å². The molecule has 1 aromatic rings. The molecule has 7 heteroatoms. The lowest BCUT2D eigenvalue weighted by Crippen LogP contribution is -2.29. The zero-order valence-electron chi connectivity index (χ0n) is 9.80. The molecule has 0 radical (unpaired) electrons. The van der Waals surface area contributed by atoms with Crippen LogP contribution < -0.4 is 11.1 Å². The first kappa shape index (κ1) is 16.3. The maximum absolute atomic E-state index is 11.3. The molecule has 0 aliphatic heterocycles. The Bertz CT molecular complexity index is 412. The average molecular weight is 274 g/mol. The lowest BCUT2D eigenvalue weighted by atomic mass is 10.1. The van der Waals surface area contributed by atoms with Crippen molar-refractivity contribution in [1.82, 2.24) is 5.32 Å². The van der Waals surface area contributed by atoms with E-state index in [4.69, 9.17) is 5.73 Å². The normalized spacial score (nSPS) is 9.39. The predicted octanol–water partition coefficient (Wildman–Crippen LogP) is 1.02. The number of nitro groups is 1. The highest BCUT2D eigenvalue weighted by molar-refractivity contribution is 5.85. The first-order valence-corrected chi connectivity index (χ1v) is 5.33. The number of nitrogens with two attached hydrogens (primary N) is 1. The van der Waals surface area contributed by atoms with Crippen LogP contribution in [0.3, 0.4) is 0 Å². The molecule has 0 unspecified atom stereocenters. The molecule has 1 aromatic carbocycles. The number of hydrogen-bond donors (Lipinski definition) is 2. The molecule has 100 valence electrons. The summed E-state index contributed by atoms with van der Waals surface area (Å²) in [7, 11) is 0. The van der Waals surface area contributed by atoms with Crippen LogP contribution in [0.15, 0.2) is 24.3 Å². The topological polar surface area (TPSA) is 98.3 Å². The molecule has 0 aliphatic carbocycles. The second-order valence-electron chi connectivity index (χ2n) is 3.57. The molecule has 1 amide bonds. The fraction of sp³-hybridized carbons (Fsp3) is 0.364. The summed E-state index contributed by atoms with van der Waals surface area (Å²) >= 11 is 0. The number of non-ortho nitro benzene ring substituents is 1. The third kappa shape index (κ3) is 5.60. The Morgan fingerprint density at radius 3 is 2.78 bits per heavy atom. The fourth-order valence-electron chi connectivity index (χ4n) is 1.38. The van der Waals surface area contributed by atoms with Crippen molar-refractivity contribution in [2.24, 2.45) is 5.73 Å². The van der Waals surface area contributed by atoms with Gasteiger partial charge in [-0.2, -0.15) is 0 Å². The van der Waals surface area contributed by atoms with Gasteiger partial charge in [0.05, 0.1) is 4.92 Å². The Morgan fingerprint density at radius 2 is 2.17 bits per heavy atom. The number of nitrogens with zero attached hydrogens (tertiary/aromatic N) is 1. The van der Waals surface area contributed by atoms with Gasteiger partial charge in [0.2, 0.25) is 5.91 Å². The van der Waals surface area contributed by atoms with E-state index in [1.807, 2.05) is 0 Å². The number of hydrogen-bond acceptors (Lipinski definition) is 4. The molecule has 0 aromatic heterocycles. The third-order valence-electron chi connectivity index (χ3n) is 2.23. The number of carbonyl (C=O) groups is 1. The van der Waals surface area contributed by atoms with Crippen LogP contribution in [0.4, 0.5) is 5.69 Å². The van der Waals surface area contributed by atoms with Crippen molar-refractivity contribution in [3.8, 4) is 0 Å². The quantitative estimate of drug-likeness (QED) is 0.597. The summed E-state index contributed by atoms with van der Waals surface area (Å²) in [5.74, 6) is -0.0954. The molecule has 1 rings (SSSR count). The van der Waals surface area contributed by atoms with Gasteiger partial charge in [-0.05, 0) is 12.0 Å². The molecule has 0 fully saturated rings. The van der Waals surface area contributed by atoms with Gasteiger partial charge >= 0.3 is 0 Å². The first-order chi connectivity index (χ1) is 8.13. The predicted molar refractivity (Wildman–Crippen MR) is 70.7 cm³/mol. The Kier molecular flexibility index (Phi) is 7.66. The molecule has 6 nitrogen and oxygen atoms in total. The summed E-state index contributed by atoms with van der Waals surface area (Å²) in [5, 5.41) is 13.2. The van der Waals surface area contributed by atoms with E-state index in [1.165, 1.54) is 12.1 Å². The largest absolute Gasteiger partial charge is 0.355 e. The Labute approximate surface area is 111 Å². The van der Waals surface area contributed by atoms with Crippen molar-refractivity contribution in [3.63, 3.8) is 0 Å². The molecule has 0 saturated carbocycles. The van der Waals surface area contributed by atoms with Gasteiger partial charge in [-0.15, -0.1) is 12.4 Å². The van der Waals surface area contributed by atoms with Gasteiger partial charge in [0.15, 0.2) is 0 Å². The van der Waals surface area contributed by atoms with Gasteiger partial charge in [0, 0.05) is 31.6 Å². The van der Waals surface area contributed by atoms with Crippen molar-refractivity contribution in [1.29, 1.82) is 0 Å². The minimum atomic E-state index is -0.446. The molecule has 0 spiro atoms. The van der Waals surface area contributed by atoms with Crippen molar-refractivity contribution < 1.29 is 9.72 Å². The van der Waals surface area contributed by atoms with E-state index in [1.54, 1.807) is 12.1 Å². The molecule has 0 atom stereocenters. The SMILES string of the molecule is Cl.NCCNC(=O)CCc1cccc([N+](=O)[O-])c1. The Morgan fingerprint density at radius 1 is 1.44 bits per heavy atom. The zero-order valence-corrected chi connectivity index (χ0v) is 10.6. The van der Waals surface area contributed by atoms with Crippen molar-refractivity contribution in [3.05, 3.63) is 39.9 Å². The maximum Gasteiger partial charge on any atom is 0.269 e. The van der Waals surface area contributed by atoms with Gasteiger partial charge in [-0.3, -0.25) is 14.9 Å². The molecule has 0 aliphatic rings. The van der Waals surface area contributed by atoms with Crippen molar-refractivity contribution in [2.75, 3.05) is 13.1 Å². The number of benzene rings is 1. The first-order valence-electron chi connectivity index (χ1n) is 5.33. The lowest BCUT2D eigenvalue weighted by Gasteiger charge is -2.03. The number of amides is 1. The molecule has 3 N–H and O–H groups in total. The molecule has 0 heterocycles. The van der Waals surface area contributed by atoms with Crippen LogP contribution in [0.25, 0.3) is 0 Å². The monoisotopic (exact) mass is 273 g/mol. The van der Waals surface area contributed by atoms with Crippen LogP contribution >= 0.6 is 12.4 Å². The highest BCUT2D eigenvalue weighted by Gasteiger charge is 2.07. The summed E-state index contributed by atoms with van der Waals surface area (Å²) in [6, 6.07) is 6.29. The molecule has 0 bridgehead atoms. The number of nitrogens with one attached hydrogen (secondary N) is 1. The van der Waals surface area contributed by atoms with E-state index in [0.29, 0.717) is 25.9 Å². The van der Waals surface area contributed by atoms with Crippen LogP contribution in [0.2, 0.25) is 0 Å². The van der Waals surface area contributed by atoms with Gasteiger partial charge in [-0.1, -0.05) is 12.1 Å². The average Bonchev–Trinajstić information content (AvgIpc) is 2.34. The smallest absolute Gasteiger partial charge is 0.269 e. The van der Waals surface area contributed by atoms with Crippen LogP contribution in [0, 0.1) is 10.1 Å². The van der Waals surface area contributed by atoms with E-state index >= 15 is 0 Å². The van der Waals surface area contributed by atoms with Crippen LogP contribution in [-0.4, -0.2) is 23.9 Å². The molecular weight excluding hydrogens is 258 g/mol. The minimum absolute atomic E-state index is 0. The van der Waals surface area contributed by atoms with Gasteiger partial charge in [0.1, 0.15) is 0 Å². The Balaban J connectivity index is 0.00000289. The minimum Gasteiger partial charge on any atom is -0.355 e. The number of rotatable bonds is 6. The molecular formula is C11H16ClN3O3. The lowest BCUT2D eigenvalue weighted by molar-refractivity contribution is -0.384. The highest BCUT2D eigenvalue weighted by atomic mass is 35.5. The highest BCUT2D eigenvalue weighted by Crippen LogP contribution is 2.14. The molecule has 18 heavy (non-hydrogen) atoms. The fourth-order valence-corrected chi connectivity index (χ4v) is 1.38.